The summed E-state index contributed by atoms with van der Waals surface area (Å²) in [5, 5.41) is 0. The molecule has 3 aliphatic rings. The molecule has 3 fully saturated rings. The van der Waals surface area contributed by atoms with E-state index in [2.05, 4.69) is 0 Å². The van der Waals surface area contributed by atoms with E-state index >= 15 is 0 Å². The predicted octanol–water partition coefficient (Wildman–Crippen LogP) is 2.40. The smallest absolute Gasteiger partial charge is 0.310 e. The molecule has 0 unspecified atom stereocenters. The number of carbonyl (C=O) groups excluding carboxylic acids is 5. The second-order valence-corrected chi connectivity index (χ2v) is 9.69. The van der Waals surface area contributed by atoms with Crippen LogP contribution in [0.25, 0.3) is 0 Å². The molecule has 0 spiro atoms. The van der Waals surface area contributed by atoms with Crippen LogP contribution in [0.1, 0.15) is 66.2 Å². The quantitative estimate of drug-likeness (QED) is 0.477. The highest BCUT2D eigenvalue weighted by Crippen LogP contribution is 2.64. The lowest BCUT2D eigenvalue weighted by Crippen LogP contribution is -2.65. The van der Waals surface area contributed by atoms with Gasteiger partial charge in [0.05, 0.1) is 18.9 Å². The molecule has 0 bridgehead atoms. The molecular formula is C23H32O8. The van der Waals surface area contributed by atoms with Gasteiger partial charge < -0.3 is 14.2 Å². The zero-order valence-corrected chi connectivity index (χ0v) is 18.9. The Labute approximate surface area is 182 Å². The monoisotopic (exact) mass is 436 g/mol. The van der Waals surface area contributed by atoms with E-state index in [-0.39, 0.29) is 30.8 Å². The molecule has 1 aliphatic heterocycles. The van der Waals surface area contributed by atoms with Crippen LogP contribution in [-0.4, -0.2) is 48.8 Å². The van der Waals surface area contributed by atoms with Gasteiger partial charge in [0.25, 0.3) is 0 Å². The Morgan fingerprint density at radius 2 is 1.84 bits per heavy atom. The molecule has 0 aromatic heterocycles. The molecule has 1 heterocycles. The van der Waals surface area contributed by atoms with Crippen LogP contribution in [0.3, 0.4) is 0 Å². The van der Waals surface area contributed by atoms with Crippen molar-refractivity contribution < 1.29 is 38.2 Å². The number of rotatable bonds is 5. The van der Waals surface area contributed by atoms with Crippen LogP contribution >= 0.6 is 0 Å². The minimum atomic E-state index is -1.09. The topological polar surface area (TPSA) is 113 Å². The molecule has 31 heavy (non-hydrogen) atoms. The van der Waals surface area contributed by atoms with E-state index < -0.39 is 58.7 Å². The van der Waals surface area contributed by atoms with E-state index in [0.717, 1.165) is 0 Å². The van der Waals surface area contributed by atoms with Crippen LogP contribution in [0.2, 0.25) is 0 Å². The largest absolute Gasteiger partial charge is 0.469 e. The summed E-state index contributed by atoms with van der Waals surface area (Å²) in [4.78, 5) is 63.6. The van der Waals surface area contributed by atoms with E-state index in [4.69, 9.17) is 14.2 Å². The molecular weight excluding hydrogens is 404 g/mol. The Morgan fingerprint density at radius 3 is 2.42 bits per heavy atom. The highest BCUT2D eigenvalue weighted by molar-refractivity contribution is 5.94. The van der Waals surface area contributed by atoms with Crippen LogP contribution in [0.5, 0.6) is 0 Å². The lowest BCUT2D eigenvalue weighted by atomic mass is 9.43. The number of fused-ring (bicyclic) bond motifs is 3. The van der Waals surface area contributed by atoms with E-state index in [1.165, 1.54) is 14.0 Å². The third kappa shape index (κ3) is 3.78. The highest BCUT2D eigenvalue weighted by Gasteiger charge is 2.68. The van der Waals surface area contributed by atoms with E-state index in [0.29, 0.717) is 19.3 Å². The summed E-state index contributed by atoms with van der Waals surface area (Å²) < 4.78 is 15.8. The number of cyclic esters (lactones) is 1. The van der Waals surface area contributed by atoms with Crippen molar-refractivity contribution in [3.05, 3.63) is 0 Å². The number of hydrogen-bond donors (Lipinski definition) is 0. The van der Waals surface area contributed by atoms with Gasteiger partial charge in [0.2, 0.25) is 0 Å². The molecule has 3 rings (SSSR count). The number of methoxy groups -OCH3 is 1. The second-order valence-electron chi connectivity index (χ2n) is 9.69. The van der Waals surface area contributed by atoms with Gasteiger partial charge >= 0.3 is 17.9 Å². The van der Waals surface area contributed by atoms with Crippen LogP contribution in [0.4, 0.5) is 0 Å². The molecule has 172 valence electrons. The fourth-order valence-corrected chi connectivity index (χ4v) is 6.41. The first-order chi connectivity index (χ1) is 14.5. The summed E-state index contributed by atoms with van der Waals surface area (Å²) in [5.74, 6) is -3.96. The van der Waals surface area contributed by atoms with Gasteiger partial charge in [0.15, 0.2) is 23.8 Å². The van der Waals surface area contributed by atoms with Crippen molar-refractivity contribution in [3.8, 4) is 0 Å². The van der Waals surface area contributed by atoms with Crippen LogP contribution in [0.15, 0.2) is 0 Å². The Kier molecular flexibility index (Phi) is 6.31. The molecule has 2 aliphatic carbocycles. The zero-order valence-electron chi connectivity index (χ0n) is 18.9. The lowest BCUT2D eigenvalue weighted by Gasteiger charge is -2.60. The number of hydrogen-bond acceptors (Lipinski definition) is 8. The van der Waals surface area contributed by atoms with Gasteiger partial charge in [-0.15, -0.1) is 0 Å². The standard InChI is InChI=1S/C23H32O8/c1-6-7-15(25)17-11-23(4)13(21(28)31-17)8-9-22(3)14(20(27)29-5)10-16(30-12(2)24)18(26)19(22)23/h13-14,16-17,19H,6-11H2,1-5H3/t13-,14-,16-,17-,19-,22-,23-/m0/s1. The molecule has 2 saturated carbocycles. The maximum Gasteiger partial charge on any atom is 0.310 e. The maximum absolute atomic E-state index is 13.7. The third-order valence-electron chi connectivity index (χ3n) is 7.75. The SMILES string of the molecule is CCCC(=O)[C@@H]1C[C@]2(C)[C@H]3C(=O)[C@@H](OC(C)=O)C[C@@H](C(=O)OC)[C@]3(C)CC[C@H]2C(=O)O1. The van der Waals surface area contributed by atoms with Gasteiger partial charge in [0, 0.05) is 25.7 Å². The summed E-state index contributed by atoms with van der Waals surface area (Å²) in [6.07, 6.45) is 0.111. The minimum absolute atomic E-state index is 0.0570. The van der Waals surface area contributed by atoms with Crippen molar-refractivity contribution in [2.75, 3.05) is 7.11 Å². The van der Waals surface area contributed by atoms with Crippen LogP contribution < -0.4 is 0 Å². The molecule has 0 radical (unpaired) electrons. The normalized spacial score (nSPS) is 39.6. The Hall–Kier alpha value is -2.25. The lowest BCUT2D eigenvalue weighted by molar-refractivity contribution is -0.210. The Balaban J connectivity index is 2.08. The number of esters is 3. The van der Waals surface area contributed by atoms with Gasteiger partial charge in [0.1, 0.15) is 0 Å². The zero-order chi connectivity index (χ0) is 23.1. The molecule has 0 aromatic rings. The molecule has 8 nitrogen and oxygen atoms in total. The summed E-state index contributed by atoms with van der Waals surface area (Å²) in [6.45, 7) is 6.82. The Morgan fingerprint density at radius 1 is 1.16 bits per heavy atom. The summed E-state index contributed by atoms with van der Waals surface area (Å²) in [5.41, 5.74) is -1.67. The predicted molar refractivity (Wildman–Crippen MR) is 108 cm³/mol. The van der Waals surface area contributed by atoms with Gasteiger partial charge in [-0.2, -0.15) is 0 Å². The molecule has 0 aromatic carbocycles. The van der Waals surface area contributed by atoms with Crippen LogP contribution in [-0.2, 0) is 38.2 Å². The molecule has 8 heteroatoms. The molecule has 0 amide bonds. The Bertz CT molecular complexity index is 803. The van der Waals surface area contributed by atoms with Crippen molar-refractivity contribution in [3.63, 3.8) is 0 Å². The number of ketones is 2. The van der Waals surface area contributed by atoms with Gasteiger partial charge in [-0.1, -0.05) is 20.8 Å². The summed E-state index contributed by atoms with van der Waals surface area (Å²) >= 11 is 0. The second kappa shape index (κ2) is 8.36. The number of ether oxygens (including phenoxy) is 3. The van der Waals surface area contributed by atoms with Crippen molar-refractivity contribution in [1.29, 1.82) is 0 Å². The van der Waals surface area contributed by atoms with E-state index in [1.54, 1.807) is 0 Å². The third-order valence-corrected chi connectivity index (χ3v) is 7.75. The number of Topliss-reactive ketones (excluding diaryl/α,β-unsaturated/α-hetero) is 2. The van der Waals surface area contributed by atoms with Crippen molar-refractivity contribution >= 4 is 29.5 Å². The summed E-state index contributed by atoms with van der Waals surface area (Å²) in [6, 6.07) is 0. The van der Waals surface area contributed by atoms with Crippen molar-refractivity contribution in [2.24, 2.45) is 28.6 Å². The van der Waals surface area contributed by atoms with Crippen molar-refractivity contribution in [1.82, 2.24) is 0 Å². The van der Waals surface area contributed by atoms with E-state index in [1.807, 2.05) is 20.8 Å². The van der Waals surface area contributed by atoms with E-state index in [9.17, 15) is 24.0 Å². The first-order valence-electron chi connectivity index (χ1n) is 11.0. The summed E-state index contributed by atoms with van der Waals surface area (Å²) in [7, 11) is 1.29. The average molecular weight is 437 g/mol. The average Bonchev–Trinajstić information content (AvgIpc) is 2.68. The molecule has 1 saturated heterocycles. The maximum atomic E-state index is 13.7. The first-order valence-corrected chi connectivity index (χ1v) is 11.0. The fourth-order valence-electron chi connectivity index (χ4n) is 6.41. The first kappa shape index (κ1) is 23.4. The van der Waals surface area contributed by atoms with Crippen molar-refractivity contribution in [2.45, 2.75) is 78.4 Å². The highest BCUT2D eigenvalue weighted by atomic mass is 16.6. The van der Waals surface area contributed by atoms with Gasteiger partial charge in [-0.25, -0.2) is 0 Å². The van der Waals surface area contributed by atoms with Crippen LogP contribution in [0, 0.1) is 28.6 Å². The molecule has 0 N–H and O–H groups in total. The molecule has 7 atom stereocenters. The minimum Gasteiger partial charge on any atom is -0.469 e. The fraction of sp³-hybridized carbons (Fsp3) is 0.783. The van der Waals surface area contributed by atoms with Gasteiger partial charge in [-0.3, -0.25) is 24.0 Å². The number of carbonyl (C=O) groups is 5. The van der Waals surface area contributed by atoms with Gasteiger partial charge in [-0.05, 0) is 36.5 Å².